The third-order valence-electron chi connectivity index (χ3n) is 1.88. The molecule has 0 amide bonds. The minimum Gasteiger partial charge on any atom is -0.380 e. The van der Waals surface area contributed by atoms with Gasteiger partial charge in [-0.3, -0.25) is 0 Å². The van der Waals surface area contributed by atoms with E-state index in [1.165, 1.54) is 0 Å². The number of hydrogen-bond donors (Lipinski definition) is 0. The van der Waals surface area contributed by atoms with Crippen molar-refractivity contribution in [3.63, 3.8) is 0 Å². The Morgan fingerprint density at radius 1 is 1.45 bits per heavy atom. The first-order valence-corrected chi connectivity index (χ1v) is 4.23. The first-order chi connectivity index (χ1) is 5.12. The molecule has 1 atom stereocenters. The quantitative estimate of drug-likeness (QED) is 0.483. The number of ether oxygens (including phenoxy) is 1. The smallest absolute Gasteiger partial charge is 0.0630 e. The lowest BCUT2D eigenvalue weighted by atomic mass is 9.90. The van der Waals surface area contributed by atoms with Gasteiger partial charge >= 0.3 is 0 Å². The molecule has 0 aromatic heterocycles. The number of hydrogen-bond acceptors (Lipinski definition) is 1. The van der Waals surface area contributed by atoms with Crippen molar-refractivity contribution in [3.8, 4) is 11.8 Å². The SMILES string of the molecule is CC(C)C#CC1(C)CCOC1. The van der Waals surface area contributed by atoms with Crippen LogP contribution in [0.5, 0.6) is 0 Å². The predicted molar refractivity (Wildman–Crippen MR) is 46.2 cm³/mol. The molecule has 0 aromatic carbocycles. The monoisotopic (exact) mass is 152 g/mol. The van der Waals surface area contributed by atoms with E-state index in [0.717, 1.165) is 19.6 Å². The topological polar surface area (TPSA) is 9.23 Å². The van der Waals surface area contributed by atoms with Crippen LogP contribution in [0.3, 0.4) is 0 Å². The Balaban J connectivity index is 2.54. The van der Waals surface area contributed by atoms with Crippen molar-refractivity contribution in [1.82, 2.24) is 0 Å². The summed E-state index contributed by atoms with van der Waals surface area (Å²) in [5, 5.41) is 0. The van der Waals surface area contributed by atoms with Crippen LogP contribution in [-0.4, -0.2) is 13.2 Å². The summed E-state index contributed by atoms with van der Waals surface area (Å²) in [7, 11) is 0. The lowest BCUT2D eigenvalue weighted by molar-refractivity contribution is 0.177. The molecule has 1 unspecified atom stereocenters. The van der Waals surface area contributed by atoms with Crippen molar-refractivity contribution >= 4 is 0 Å². The highest BCUT2D eigenvalue weighted by molar-refractivity contribution is 5.13. The zero-order chi connectivity index (χ0) is 8.32. The summed E-state index contributed by atoms with van der Waals surface area (Å²) in [6.07, 6.45) is 1.09. The summed E-state index contributed by atoms with van der Waals surface area (Å²) in [5.41, 5.74) is 0.143. The van der Waals surface area contributed by atoms with E-state index in [4.69, 9.17) is 4.74 Å². The van der Waals surface area contributed by atoms with Gasteiger partial charge in [0.05, 0.1) is 12.0 Å². The van der Waals surface area contributed by atoms with Crippen LogP contribution >= 0.6 is 0 Å². The molecule has 1 nitrogen and oxygen atoms in total. The van der Waals surface area contributed by atoms with Crippen LogP contribution in [0.1, 0.15) is 27.2 Å². The minimum absolute atomic E-state index is 0.143. The molecular formula is C10H16O. The lowest BCUT2D eigenvalue weighted by Gasteiger charge is -2.12. The summed E-state index contributed by atoms with van der Waals surface area (Å²) in [4.78, 5) is 0. The maximum absolute atomic E-state index is 5.29. The van der Waals surface area contributed by atoms with Gasteiger partial charge in [0.25, 0.3) is 0 Å². The van der Waals surface area contributed by atoms with E-state index in [9.17, 15) is 0 Å². The fourth-order valence-electron chi connectivity index (χ4n) is 1.08. The molecule has 62 valence electrons. The highest BCUT2D eigenvalue weighted by Gasteiger charge is 2.27. The van der Waals surface area contributed by atoms with Gasteiger partial charge in [-0.25, -0.2) is 0 Å². The molecule has 0 N–H and O–H groups in total. The molecule has 1 heteroatoms. The molecular weight excluding hydrogens is 136 g/mol. The maximum atomic E-state index is 5.29. The fourth-order valence-corrected chi connectivity index (χ4v) is 1.08. The van der Waals surface area contributed by atoms with Crippen molar-refractivity contribution in [2.45, 2.75) is 27.2 Å². The molecule has 1 saturated heterocycles. The van der Waals surface area contributed by atoms with E-state index in [2.05, 4.69) is 32.6 Å². The highest BCUT2D eigenvalue weighted by Crippen LogP contribution is 2.26. The zero-order valence-electron chi connectivity index (χ0n) is 7.61. The first-order valence-electron chi connectivity index (χ1n) is 4.23. The second-order valence-electron chi connectivity index (χ2n) is 3.79. The zero-order valence-corrected chi connectivity index (χ0v) is 7.61. The van der Waals surface area contributed by atoms with Crippen molar-refractivity contribution in [3.05, 3.63) is 0 Å². The molecule has 1 heterocycles. The van der Waals surface area contributed by atoms with Gasteiger partial charge in [0, 0.05) is 12.5 Å². The molecule has 0 bridgehead atoms. The van der Waals surface area contributed by atoms with E-state index >= 15 is 0 Å². The Kier molecular flexibility index (Phi) is 2.57. The largest absolute Gasteiger partial charge is 0.380 e. The molecule has 0 aromatic rings. The van der Waals surface area contributed by atoms with E-state index in [1.807, 2.05) is 0 Å². The number of rotatable bonds is 0. The highest BCUT2D eigenvalue weighted by atomic mass is 16.5. The second-order valence-corrected chi connectivity index (χ2v) is 3.79. The van der Waals surface area contributed by atoms with Gasteiger partial charge in [0.1, 0.15) is 0 Å². The van der Waals surface area contributed by atoms with Crippen LogP contribution in [0.2, 0.25) is 0 Å². The Morgan fingerprint density at radius 2 is 2.18 bits per heavy atom. The molecule has 0 aliphatic carbocycles. The summed E-state index contributed by atoms with van der Waals surface area (Å²) < 4.78 is 5.29. The third-order valence-corrected chi connectivity index (χ3v) is 1.88. The van der Waals surface area contributed by atoms with Crippen LogP contribution in [0.25, 0.3) is 0 Å². The summed E-state index contributed by atoms with van der Waals surface area (Å²) in [6, 6.07) is 0. The minimum atomic E-state index is 0.143. The van der Waals surface area contributed by atoms with Crippen LogP contribution < -0.4 is 0 Å². The van der Waals surface area contributed by atoms with Gasteiger partial charge in [0.2, 0.25) is 0 Å². The van der Waals surface area contributed by atoms with Gasteiger partial charge in [-0.05, 0) is 13.3 Å². The maximum Gasteiger partial charge on any atom is 0.0630 e. The van der Waals surface area contributed by atoms with Crippen molar-refractivity contribution < 1.29 is 4.74 Å². The fraction of sp³-hybridized carbons (Fsp3) is 0.800. The Bertz CT molecular complexity index is 177. The molecule has 1 aliphatic heterocycles. The molecule has 0 saturated carbocycles. The van der Waals surface area contributed by atoms with Gasteiger partial charge in [0.15, 0.2) is 0 Å². The Morgan fingerprint density at radius 3 is 2.64 bits per heavy atom. The van der Waals surface area contributed by atoms with Gasteiger partial charge in [-0.2, -0.15) is 0 Å². The summed E-state index contributed by atoms with van der Waals surface area (Å²) in [5.74, 6) is 6.96. The predicted octanol–water partition coefficient (Wildman–Crippen LogP) is 2.07. The van der Waals surface area contributed by atoms with Crippen molar-refractivity contribution in [1.29, 1.82) is 0 Å². The first kappa shape index (κ1) is 8.62. The third kappa shape index (κ3) is 2.55. The molecule has 0 spiro atoms. The van der Waals surface area contributed by atoms with Crippen molar-refractivity contribution in [2.24, 2.45) is 11.3 Å². The Hall–Kier alpha value is -0.480. The van der Waals surface area contributed by atoms with Crippen LogP contribution in [0.15, 0.2) is 0 Å². The van der Waals surface area contributed by atoms with Gasteiger partial charge in [-0.1, -0.05) is 25.7 Å². The normalized spacial score (nSPS) is 30.2. The Labute approximate surface area is 69.1 Å². The van der Waals surface area contributed by atoms with E-state index < -0.39 is 0 Å². The summed E-state index contributed by atoms with van der Waals surface area (Å²) >= 11 is 0. The van der Waals surface area contributed by atoms with Crippen molar-refractivity contribution in [2.75, 3.05) is 13.2 Å². The molecule has 11 heavy (non-hydrogen) atoms. The molecule has 0 radical (unpaired) electrons. The van der Waals surface area contributed by atoms with Crippen LogP contribution in [0.4, 0.5) is 0 Å². The van der Waals surface area contributed by atoms with E-state index in [-0.39, 0.29) is 5.41 Å². The summed E-state index contributed by atoms with van der Waals surface area (Å²) in [6.45, 7) is 8.10. The average Bonchev–Trinajstić information content (AvgIpc) is 2.33. The molecule has 1 fully saturated rings. The van der Waals surface area contributed by atoms with Gasteiger partial charge < -0.3 is 4.74 Å². The average molecular weight is 152 g/mol. The van der Waals surface area contributed by atoms with Crippen LogP contribution in [0, 0.1) is 23.2 Å². The van der Waals surface area contributed by atoms with E-state index in [0.29, 0.717) is 5.92 Å². The molecule has 1 rings (SSSR count). The molecule has 1 aliphatic rings. The van der Waals surface area contributed by atoms with Gasteiger partial charge in [-0.15, -0.1) is 0 Å². The van der Waals surface area contributed by atoms with Crippen LogP contribution in [-0.2, 0) is 4.74 Å². The second kappa shape index (κ2) is 3.28. The van der Waals surface area contributed by atoms with E-state index in [1.54, 1.807) is 0 Å². The lowest BCUT2D eigenvalue weighted by Crippen LogP contribution is -2.12. The standard InChI is InChI=1S/C10H16O/c1-9(2)4-5-10(3)6-7-11-8-10/h9H,6-8H2,1-3H3.